The fourth-order valence-corrected chi connectivity index (χ4v) is 2.01. The van der Waals surface area contributed by atoms with E-state index in [0.29, 0.717) is 6.61 Å². The average molecular weight is 244 g/mol. The van der Waals surface area contributed by atoms with Gasteiger partial charge in [-0.15, -0.1) is 0 Å². The van der Waals surface area contributed by atoms with Crippen LogP contribution >= 0.6 is 0 Å². The minimum absolute atomic E-state index is 0.166. The van der Waals surface area contributed by atoms with E-state index in [0.717, 1.165) is 24.4 Å². The third kappa shape index (κ3) is 3.06. The standard InChI is InChI=1S/C15H20N2O/c1-3-16-15(11-18-4-2)14-10-9-12-7-5-6-8-13(12)17-14/h5-10,15-16H,3-4,11H2,1-2H3. The first-order valence-electron chi connectivity index (χ1n) is 6.52. The predicted octanol–water partition coefficient (Wildman–Crippen LogP) is 2.92. The van der Waals surface area contributed by atoms with E-state index in [1.54, 1.807) is 0 Å². The molecule has 0 amide bonds. The highest BCUT2D eigenvalue weighted by Gasteiger charge is 2.12. The van der Waals surface area contributed by atoms with Crippen molar-refractivity contribution in [3.63, 3.8) is 0 Å². The van der Waals surface area contributed by atoms with Gasteiger partial charge in [-0.3, -0.25) is 4.98 Å². The molecule has 1 N–H and O–H groups in total. The Morgan fingerprint density at radius 1 is 1.17 bits per heavy atom. The van der Waals surface area contributed by atoms with Crippen molar-refractivity contribution in [1.82, 2.24) is 10.3 Å². The Morgan fingerprint density at radius 2 is 2.00 bits per heavy atom. The highest BCUT2D eigenvalue weighted by atomic mass is 16.5. The van der Waals surface area contributed by atoms with Crippen LogP contribution in [-0.2, 0) is 4.74 Å². The molecule has 1 aromatic carbocycles. The summed E-state index contributed by atoms with van der Waals surface area (Å²) in [5.41, 5.74) is 2.08. The monoisotopic (exact) mass is 244 g/mol. The molecule has 96 valence electrons. The van der Waals surface area contributed by atoms with Crippen molar-refractivity contribution in [2.75, 3.05) is 19.8 Å². The average Bonchev–Trinajstić information content (AvgIpc) is 2.43. The summed E-state index contributed by atoms with van der Waals surface area (Å²) in [6.45, 7) is 6.41. The van der Waals surface area contributed by atoms with Gasteiger partial charge in [0.1, 0.15) is 0 Å². The van der Waals surface area contributed by atoms with E-state index in [2.05, 4.69) is 30.4 Å². The van der Waals surface area contributed by atoms with Gasteiger partial charge in [-0.2, -0.15) is 0 Å². The number of hydrogen-bond acceptors (Lipinski definition) is 3. The van der Waals surface area contributed by atoms with Crippen molar-refractivity contribution in [2.24, 2.45) is 0 Å². The number of rotatable bonds is 6. The molecule has 0 aliphatic carbocycles. The number of benzene rings is 1. The molecule has 0 spiro atoms. The predicted molar refractivity (Wildman–Crippen MR) is 74.7 cm³/mol. The van der Waals surface area contributed by atoms with Crippen molar-refractivity contribution in [3.8, 4) is 0 Å². The maximum atomic E-state index is 5.51. The molecule has 18 heavy (non-hydrogen) atoms. The maximum Gasteiger partial charge on any atom is 0.0732 e. The summed E-state index contributed by atoms with van der Waals surface area (Å²) >= 11 is 0. The zero-order valence-electron chi connectivity index (χ0n) is 11.0. The molecule has 0 bridgehead atoms. The van der Waals surface area contributed by atoms with Crippen LogP contribution in [0.5, 0.6) is 0 Å². The minimum Gasteiger partial charge on any atom is -0.380 e. The summed E-state index contributed by atoms with van der Waals surface area (Å²) in [4.78, 5) is 4.70. The topological polar surface area (TPSA) is 34.1 Å². The Bertz CT molecular complexity index is 499. The largest absolute Gasteiger partial charge is 0.380 e. The van der Waals surface area contributed by atoms with Crippen LogP contribution in [0.25, 0.3) is 10.9 Å². The summed E-state index contributed by atoms with van der Waals surface area (Å²) < 4.78 is 5.51. The van der Waals surface area contributed by atoms with Crippen LogP contribution in [-0.4, -0.2) is 24.7 Å². The number of nitrogens with zero attached hydrogens (tertiary/aromatic N) is 1. The number of nitrogens with one attached hydrogen (secondary N) is 1. The molecule has 0 saturated carbocycles. The molecule has 2 rings (SSSR count). The number of ether oxygens (including phenoxy) is 1. The number of aromatic nitrogens is 1. The molecular formula is C15H20N2O. The summed E-state index contributed by atoms with van der Waals surface area (Å²) in [6.07, 6.45) is 0. The highest BCUT2D eigenvalue weighted by Crippen LogP contribution is 2.17. The number of fused-ring (bicyclic) bond motifs is 1. The van der Waals surface area contributed by atoms with Crippen molar-refractivity contribution >= 4 is 10.9 Å². The first-order chi connectivity index (χ1) is 8.85. The lowest BCUT2D eigenvalue weighted by molar-refractivity contribution is 0.122. The van der Waals surface area contributed by atoms with E-state index >= 15 is 0 Å². The Balaban J connectivity index is 2.25. The number of pyridine rings is 1. The van der Waals surface area contributed by atoms with Crippen LogP contribution in [0.4, 0.5) is 0 Å². The van der Waals surface area contributed by atoms with E-state index in [4.69, 9.17) is 9.72 Å². The van der Waals surface area contributed by atoms with Gasteiger partial charge >= 0.3 is 0 Å². The molecular weight excluding hydrogens is 224 g/mol. The smallest absolute Gasteiger partial charge is 0.0732 e. The molecule has 3 nitrogen and oxygen atoms in total. The Labute approximate surface area is 108 Å². The summed E-state index contributed by atoms with van der Waals surface area (Å²) in [5.74, 6) is 0. The van der Waals surface area contributed by atoms with Crippen molar-refractivity contribution in [2.45, 2.75) is 19.9 Å². The van der Waals surface area contributed by atoms with Crippen molar-refractivity contribution in [3.05, 3.63) is 42.1 Å². The van der Waals surface area contributed by atoms with Gasteiger partial charge < -0.3 is 10.1 Å². The highest BCUT2D eigenvalue weighted by molar-refractivity contribution is 5.78. The van der Waals surface area contributed by atoms with Crippen LogP contribution in [0.2, 0.25) is 0 Å². The van der Waals surface area contributed by atoms with Crippen molar-refractivity contribution < 1.29 is 4.74 Å². The molecule has 0 radical (unpaired) electrons. The maximum absolute atomic E-state index is 5.51. The van der Waals surface area contributed by atoms with Crippen LogP contribution < -0.4 is 5.32 Å². The van der Waals surface area contributed by atoms with Gasteiger partial charge in [0.2, 0.25) is 0 Å². The van der Waals surface area contributed by atoms with E-state index in [-0.39, 0.29) is 6.04 Å². The minimum atomic E-state index is 0.166. The fraction of sp³-hybridized carbons (Fsp3) is 0.400. The molecule has 1 atom stereocenters. The number of likely N-dealkylation sites (N-methyl/N-ethyl adjacent to an activating group) is 1. The van der Waals surface area contributed by atoms with Crippen LogP contribution in [0.15, 0.2) is 36.4 Å². The molecule has 1 heterocycles. The summed E-state index contributed by atoms with van der Waals surface area (Å²) in [7, 11) is 0. The molecule has 0 aliphatic heterocycles. The second-order valence-electron chi connectivity index (χ2n) is 4.20. The zero-order valence-corrected chi connectivity index (χ0v) is 11.0. The van der Waals surface area contributed by atoms with Gasteiger partial charge in [-0.05, 0) is 25.6 Å². The molecule has 1 unspecified atom stereocenters. The number of hydrogen-bond donors (Lipinski definition) is 1. The SMILES string of the molecule is CCNC(COCC)c1ccc2ccccc2n1. The first-order valence-corrected chi connectivity index (χ1v) is 6.52. The lowest BCUT2D eigenvalue weighted by Gasteiger charge is -2.17. The van der Waals surface area contributed by atoms with Gasteiger partial charge in [0.15, 0.2) is 0 Å². The van der Waals surface area contributed by atoms with Gasteiger partial charge in [0.05, 0.1) is 23.9 Å². The van der Waals surface area contributed by atoms with Gasteiger partial charge in [-0.25, -0.2) is 0 Å². The van der Waals surface area contributed by atoms with Gasteiger partial charge in [-0.1, -0.05) is 31.2 Å². The first kappa shape index (κ1) is 13.0. The van der Waals surface area contributed by atoms with E-state index in [1.807, 2.05) is 25.1 Å². The Kier molecular flexibility index (Phi) is 4.67. The second kappa shape index (κ2) is 6.47. The van der Waals surface area contributed by atoms with Crippen LogP contribution in [0.1, 0.15) is 25.6 Å². The molecule has 0 aliphatic rings. The fourth-order valence-electron chi connectivity index (χ4n) is 2.01. The number of para-hydroxylation sites is 1. The second-order valence-corrected chi connectivity index (χ2v) is 4.20. The lowest BCUT2D eigenvalue weighted by Crippen LogP contribution is -2.26. The van der Waals surface area contributed by atoms with Crippen LogP contribution in [0.3, 0.4) is 0 Å². The lowest BCUT2D eigenvalue weighted by atomic mass is 10.1. The van der Waals surface area contributed by atoms with Gasteiger partial charge in [0, 0.05) is 12.0 Å². The third-order valence-corrected chi connectivity index (χ3v) is 2.92. The normalized spacial score (nSPS) is 12.8. The Morgan fingerprint density at radius 3 is 2.78 bits per heavy atom. The van der Waals surface area contributed by atoms with Gasteiger partial charge in [0.25, 0.3) is 0 Å². The molecule has 3 heteroatoms. The summed E-state index contributed by atoms with van der Waals surface area (Å²) in [6, 6.07) is 12.5. The van der Waals surface area contributed by atoms with Crippen molar-refractivity contribution in [1.29, 1.82) is 0 Å². The van der Waals surface area contributed by atoms with E-state index in [1.165, 1.54) is 5.39 Å². The molecule has 2 aromatic rings. The van der Waals surface area contributed by atoms with E-state index < -0.39 is 0 Å². The quantitative estimate of drug-likeness (QED) is 0.848. The Hall–Kier alpha value is -1.45. The zero-order chi connectivity index (χ0) is 12.8. The summed E-state index contributed by atoms with van der Waals surface area (Å²) in [5, 5.41) is 4.58. The van der Waals surface area contributed by atoms with E-state index in [9.17, 15) is 0 Å². The van der Waals surface area contributed by atoms with Crippen LogP contribution in [0, 0.1) is 0 Å². The molecule has 1 aromatic heterocycles. The molecule has 0 fully saturated rings. The third-order valence-electron chi connectivity index (χ3n) is 2.92. The molecule has 0 saturated heterocycles.